The van der Waals surface area contributed by atoms with Crippen LogP contribution in [-0.2, 0) is 5.88 Å². The maximum atomic E-state index is 13.7. The van der Waals surface area contributed by atoms with E-state index in [9.17, 15) is 4.39 Å². The first-order valence-electron chi connectivity index (χ1n) is 5.32. The van der Waals surface area contributed by atoms with Gasteiger partial charge in [-0.15, -0.1) is 11.6 Å². The van der Waals surface area contributed by atoms with Gasteiger partial charge in [0.2, 0.25) is 0 Å². The van der Waals surface area contributed by atoms with Gasteiger partial charge in [0.15, 0.2) is 0 Å². The van der Waals surface area contributed by atoms with Crippen LogP contribution < -0.4 is 4.90 Å². The molecular weight excluding hydrogens is 319 g/mol. The molecule has 0 amide bonds. The van der Waals surface area contributed by atoms with Crippen molar-refractivity contribution in [1.82, 2.24) is 4.98 Å². The summed E-state index contributed by atoms with van der Waals surface area (Å²) in [7, 11) is 1.77. The molecule has 2 rings (SSSR count). The Morgan fingerprint density at radius 2 is 2.11 bits per heavy atom. The van der Waals surface area contributed by atoms with E-state index in [1.165, 1.54) is 6.07 Å². The molecule has 1 heterocycles. The van der Waals surface area contributed by atoms with Gasteiger partial charge in [-0.1, -0.05) is 12.1 Å². The first-order chi connectivity index (χ1) is 8.63. The summed E-state index contributed by atoms with van der Waals surface area (Å²) < 4.78 is 14.6. The first kappa shape index (κ1) is 13.3. The molecule has 0 atom stereocenters. The van der Waals surface area contributed by atoms with Crippen molar-refractivity contribution in [2.24, 2.45) is 0 Å². The molecular formula is C13H11BrClFN2. The van der Waals surface area contributed by atoms with Crippen molar-refractivity contribution in [3.63, 3.8) is 0 Å². The lowest BCUT2D eigenvalue weighted by atomic mass is 10.2. The largest absolute Gasteiger partial charge is 0.327 e. The SMILES string of the molecule is CN(c1ccccc1F)c1ncc(Br)cc1CCl. The molecule has 0 radical (unpaired) electrons. The van der Waals surface area contributed by atoms with Crippen LogP contribution in [0.5, 0.6) is 0 Å². The fourth-order valence-corrected chi connectivity index (χ4v) is 2.29. The van der Waals surface area contributed by atoms with Gasteiger partial charge in [0.1, 0.15) is 11.6 Å². The first-order valence-corrected chi connectivity index (χ1v) is 6.65. The third-order valence-electron chi connectivity index (χ3n) is 2.58. The highest BCUT2D eigenvalue weighted by molar-refractivity contribution is 9.10. The van der Waals surface area contributed by atoms with E-state index in [1.807, 2.05) is 6.07 Å². The minimum Gasteiger partial charge on any atom is -0.327 e. The van der Waals surface area contributed by atoms with Gasteiger partial charge in [-0.05, 0) is 34.1 Å². The third-order valence-corrected chi connectivity index (χ3v) is 3.31. The molecule has 1 aromatic heterocycles. The van der Waals surface area contributed by atoms with E-state index in [2.05, 4.69) is 20.9 Å². The van der Waals surface area contributed by atoms with Crippen molar-refractivity contribution in [1.29, 1.82) is 0 Å². The number of hydrogen-bond acceptors (Lipinski definition) is 2. The molecule has 0 unspecified atom stereocenters. The number of halogens is 3. The Hall–Kier alpha value is -1.13. The predicted octanol–water partition coefficient (Wildman–Crippen LogP) is 4.49. The van der Waals surface area contributed by atoms with Crippen LogP contribution >= 0.6 is 27.5 Å². The number of rotatable bonds is 3. The van der Waals surface area contributed by atoms with Gasteiger partial charge in [0.25, 0.3) is 0 Å². The van der Waals surface area contributed by atoms with E-state index >= 15 is 0 Å². The Morgan fingerprint density at radius 3 is 2.78 bits per heavy atom. The number of hydrogen-bond donors (Lipinski definition) is 0. The molecule has 5 heteroatoms. The minimum atomic E-state index is -0.287. The zero-order valence-corrected chi connectivity index (χ0v) is 12.0. The molecule has 0 bridgehead atoms. The highest BCUT2D eigenvalue weighted by Gasteiger charge is 2.13. The number of anilines is 2. The second-order valence-electron chi connectivity index (χ2n) is 3.78. The standard InChI is InChI=1S/C13H11BrClFN2/c1-18(12-5-3-2-4-11(12)16)13-9(7-15)6-10(14)8-17-13/h2-6,8H,7H2,1H3. The fourth-order valence-electron chi connectivity index (χ4n) is 1.71. The van der Waals surface area contributed by atoms with Crippen LogP contribution in [0.3, 0.4) is 0 Å². The van der Waals surface area contributed by atoms with E-state index < -0.39 is 0 Å². The monoisotopic (exact) mass is 328 g/mol. The predicted molar refractivity (Wildman–Crippen MR) is 76.0 cm³/mol. The smallest absolute Gasteiger partial charge is 0.146 e. The molecule has 1 aromatic carbocycles. The van der Waals surface area contributed by atoms with E-state index in [1.54, 1.807) is 36.3 Å². The highest BCUT2D eigenvalue weighted by atomic mass is 79.9. The Balaban J connectivity index is 2.46. The molecule has 2 nitrogen and oxygen atoms in total. The summed E-state index contributed by atoms with van der Waals surface area (Å²) in [6.45, 7) is 0. The van der Waals surface area contributed by atoms with Crippen molar-refractivity contribution in [3.05, 3.63) is 52.4 Å². The molecule has 94 valence electrons. The molecule has 0 saturated carbocycles. The number of pyridine rings is 1. The van der Waals surface area contributed by atoms with Crippen molar-refractivity contribution in [2.75, 3.05) is 11.9 Å². The Kier molecular flexibility index (Phi) is 4.19. The number of alkyl halides is 1. The molecule has 0 N–H and O–H groups in total. The minimum absolute atomic E-state index is 0.287. The summed E-state index contributed by atoms with van der Waals surface area (Å²) in [5.74, 6) is 0.684. The van der Waals surface area contributed by atoms with Gasteiger partial charge in [0.05, 0.1) is 11.6 Å². The van der Waals surface area contributed by atoms with Crippen LogP contribution in [0, 0.1) is 5.82 Å². The van der Waals surface area contributed by atoms with E-state index in [0.717, 1.165) is 10.0 Å². The van der Waals surface area contributed by atoms with Gasteiger partial charge in [0, 0.05) is 23.3 Å². The maximum Gasteiger partial charge on any atom is 0.146 e. The maximum absolute atomic E-state index is 13.7. The normalized spacial score (nSPS) is 10.4. The molecule has 0 fully saturated rings. The van der Waals surface area contributed by atoms with E-state index in [0.29, 0.717) is 17.4 Å². The lowest BCUT2D eigenvalue weighted by Crippen LogP contribution is -2.14. The molecule has 0 saturated heterocycles. The van der Waals surface area contributed by atoms with Gasteiger partial charge < -0.3 is 4.90 Å². The summed E-state index contributed by atoms with van der Waals surface area (Å²) >= 11 is 9.24. The zero-order valence-electron chi connectivity index (χ0n) is 9.70. The topological polar surface area (TPSA) is 16.1 Å². The Bertz CT molecular complexity index is 562. The number of benzene rings is 1. The average molecular weight is 330 g/mol. The molecule has 2 aromatic rings. The Morgan fingerprint density at radius 1 is 1.39 bits per heavy atom. The van der Waals surface area contributed by atoms with Gasteiger partial charge in [-0.3, -0.25) is 0 Å². The number of aromatic nitrogens is 1. The second kappa shape index (κ2) is 5.67. The zero-order chi connectivity index (χ0) is 13.1. The van der Waals surface area contributed by atoms with Crippen molar-refractivity contribution >= 4 is 39.0 Å². The summed E-state index contributed by atoms with van der Waals surface area (Å²) in [6.07, 6.45) is 1.67. The van der Waals surface area contributed by atoms with Crippen molar-refractivity contribution in [2.45, 2.75) is 5.88 Å². The van der Waals surface area contributed by atoms with Crippen LogP contribution in [0.15, 0.2) is 41.0 Å². The second-order valence-corrected chi connectivity index (χ2v) is 4.96. The number of nitrogens with zero attached hydrogens (tertiary/aromatic N) is 2. The van der Waals surface area contributed by atoms with Crippen LogP contribution in [0.4, 0.5) is 15.9 Å². The molecule has 0 aliphatic rings. The molecule has 0 spiro atoms. The lowest BCUT2D eigenvalue weighted by molar-refractivity contribution is 0.627. The summed E-state index contributed by atoms with van der Waals surface area (Å²) in [5.41, 5.74) is 1.32. The quantitative estimate of drug-likeness (QED) is 0.771. The van der Waals surface area contributed by atoms with Crippen LogP contribution in [0.1, 0.15) is 5.56 Å². The molecule has 0 aliphatic carbocycles. The third kappa shape index (κ3) is 2.65. The van der Waals surface area contributed by atoms with E-state index in [-0.39, 0.29) is 5.82 Å². The van der Waals surface area contributed by atoms with Crippen molar-refractivity contribution < 1.29 is 4.39 Å². The summed E-state index contributed by atoms with van der Waals surface area (Å²) in [5, 5.41) is 0. The molecule has 0 aliphatic heterocycles. The van der Waals surface area contributed by atoms with Crippen LogP contribution in [0.25, 0.3) is 0 Å². The number of para-hydroxylation sites is 1. The van der Waals surface area contributed by atoms with E-state index in [4.69, 9.17) is 11.6 Å². The van der Waals surface area contributed by atoms with Gasteiger partial charge >= 0.3 is 0 Å². The summed E-state index contributed by atoms with van der Waals surface area (Å²) in [6, 6.07) is 8.45. The average Bonchev–Trinajstić information content (AvgIpc) is 2.38. The van der Waals surface area contributed by atoms with Gasteiger partial charge in [-0.2, -0.15) is 0 Å². The van der Waals surface area contributed by atoms with Crippen LogP contribution in [0.2, 0.25) is 0 Å². The molecule has 18 heavy (non-hydrogen) atoms. The van der Waals surface area contributed by atoms with Crippen molar-refractivity contribution in [3.8, 4) is 0 Å². The lowest BCUT2D eigenvalue weighted by Gasteiger charge is -2.21. The van der Waals surface area contributed by atoms with Gasteiger partial charge in [-0.25, -0.2) is 9.37 Å². The fraction of sp³-hybridized carbons (Fsp3) is 0.154. The Labute approximate surface area is 119 Å². The highest BCUT2D eigenvalue weighted by Crippen LogP contribution is 2.29. The van der Waals surface area contributed by atoms with Crippen LogP contribution in [-0.4, -0.2) is 12.0 Å². The summed E-state index contributed by atoms with van der Waals surface area (Å²) in [4.78, 5) is 5.99.